The Morgan fingerprint density at radius 1 is 1.29 bits per heavy atom. The molecule has 6 heteroatoms. The van der Waals surface area contributed by atoms with E-state index in [0.29, 0.717) is 0 Å². The first kappa shape index (κ1) is 16.1. The van der Waals surface area contributed by atoms with E-state index < -0.39 is 23.1 Å². The number of benzene rings is 1. The molecule has 2 nitrogen and oxygen atoms in total. The lowest BCUT2D eigenvalue weighted by Gasteiger charge is -2.21. The van der Waals surface area contributed by atoms with Gasteiger partial charge in [0.1, 0.15) is 17.2 Å². The number of rotatable bonds is 4. The second kappa shape index (κ2) is 6.66. The van der Waals surface area contributed by atoms with Gasteiger partial charge in [-0.3, -0.25) is 4.79 Å². The van der Waals surface area contributed by atoms with Crippen LogP contribution in [-0.2, 0) is 0 Å². The molecule has 2 aromatic rings. The number of hydrogen-bond donors (Lipinski definition) is 1. The molecule has 1 aromatic carbocycles. The van der Waals surface area contributed by atoms with Crippen molar-refractivity contribution in [3.63, 3.8) is 0 Å². The maximum atomic E-state index is 13.8. The zero-order valence-electron chi connectivity index (χ0n) is 11.5. The highest BCUT2D eigenvalue weighted by Gasteiger charge is 2.24. The Hall–Kier alpha value is -1.27. The third-order valence-corrected chi connectivity index (χ3v) is 4.45. The van der Waals surface area contributed by atoms with Crippen molar-refractivity contribution in [1.29, 1.82) is 0 Å². The molecule has 2 rings (SSSR count). The Morgan fingerprint density at radius 2 is 1.90 bits per heavy atom. The van der Waals surface area contributed by atoms with E-state index in [9.17, 15) is 13.6 Å². The van der Waals surface area contributed by atoms with Crippen LogP contribution in [0.3, 0.4) is 0 Å². The lowest BCUT2D eigenvalue weighted by molar-refractivity contribution is 0.0918. The van der Waals surface area contributed by atoms with Gasteiger partial charge in [-0.2, -0.15) is 0 Å². The zero-order valence-corrected chi connectivity index (χ0v) is 13.9. The van der Waals surface area contributed by atoms with Crippen LogP contribution in [-0.4, -0.2) is 5.91 Å². The summed E-state index contributed by atoms with van der Waals surface area (Å²) in [6.45, 7) is 3.89. The number of amides is 1. The van der Waals surface area contributed by atoms with Crippen LogP contribution in [0.5, 0.6) is 0 Å². The second-order valence-electron chi connectivity index (χ2n) is 4.96. The molecule has 1 amide bonds. The smallest absolute Gasteiger partial charge is 0.257 e. The molecule has 0 saturated carbocycles. The van der Waals surface area contributed by atoms with Gasteiger partial charge in [0, 0.05) is 9.35 Å². The molecular formula is C15H14BrF2NOS. The summed E-state index contributed by atoms with van der Waals surface area (Å²) < 4.78 is 27.9. The van der Waals surface area contributed by atoms with Crippen molar-refractivity contribution in [2.75, 3.05) is 0 Å². The van der Waals surface area contributed by atoms with Gasteiger partial charge in [-0.05, 0) is 29.5 Å². The van der Waals surface area contributed by atoms with Gasteiger partial charge in [-0.1, -0.05) is 35.8 Å². The van der Waals surface area contributed by atoms with Crippen LogP contribution >= 0.6 is 27.3 Å². The van der Waals surface area contributed by atoms with E-state index in [4.69, 9.17) is 0 Å². The van der Waals surface area contributed by atoms with Crippen molar-refractivity contribution in [3.8, 4) is 0 Å². The predicted octanol–water partition coefficient (Wildman–Crippen LogP) is 4.92. The number of carbonyl (C=O) groups is 1. The van der Waals surface area contributed by atoms with Crippen molar-refractivity contribution in [2.24, 2.45) is 5.92 Å². The fourth-order valence-electron chi connectivity index (χ4n) is 2.01. The first-order valence-corrected chi connectivity index (χ1v) is 8.06. The fraction of sp³-hybridized carbons (Fsp3) is 0.267. The van der Waals surface area contributed by atoms with Crippen LogP contribution in [0, 0.1) is 17.6 Å². The van der Waals surface area contributed by atoms with Crippen molar-refractivity contribution < 1.29 is 13.6 Å². The molecule has 0 aliphatic heterocycles. The summed E-state index contributed by atoms with van der Waals surface area (Å²) in [6, 6.07) is 5.65. The minimum atomic E-state index is -0.881. The van der Waals surface area contributed by atoms with E-state index in [-0.39, 0.29) is 16.4 Å². The highest BCUT2D eigenvalue weighted by atomic mass is 79.9. The SMILES string of the molecule is CC(C)C(NC(=O)c1c(F)cc(Br)cc1F)c1cccs1. The maximum Gasteiger partial charge on any atom is 0.257 e. The van der Waals surface area contributed by atoms with Gasteiger partial charge in [0.05, 0.1) is 6.04 Å². The highest BCUT2D eigenvalue weighted by Crippen LogP contribution is 2.27. The molecule has 1 atom stereocenters. The van der Waals surface area contributed by atoms with E-state index in [1.165, 1.54) is 11.3 Å². The van der Waals surface area contributed by atoms with Crippen molar-refractivity contribution in [1.82, 2.24) is 5.32 Å². The first-order chi connectivity index (χ1) is 9.90. The van der Waals surface area contributed by atoms with Gasteiger partial charge in [0.15, 0.2) is 0 Å². The molecule has 0 aliphatic carbocycles. The van der Waals surface area contributed by atoms with Gasteiger partial charge in [-0.15, -0.1) is 11.3 Å². The Morgan fingerprint density at radius 3 is 2.38 bits per heavy atom. The Bertz CT molecular complexity index is 620. The minimum Gasteiger partial charge on any atom is -0.344 e. The quantitative estimate of drug-likeness (QED) is 0.809. The standard InChI is InChI=1S/C15H14BrF2NOS/c1-8(2)14(12-4-3-5-21-12)19-15(20)13-10(17)6-9(16)7-11(13)18/h3-8,14H,1-2H3,(H,19,20). The summed E-state index contributed by atoms with van der Waals surface area (Å²) >= 11 is 4.49. The van der Waals surface area contributed by atoms with E-state index in [1.54, 1.807) is 0 Å². The maximum absolute atomic E-state index is 13.8. The summed E-state index contributed by atoms with van der Waals surface area (Å²) in [5, 5.41) is 4.61. The van der Waals surface area contributed by atoms with E-state index >= 15 is 0 Å². The molecule has 21 heavy (non-hydrogen) atoms. The van der Waals surface area contributed by atoms with Gasteiger partial charge >= 0.3 is 0 Å². The predicted molar refractivity (Wildman–Crippen MR) is 83.4 cm³/mol. The van der Waals surface area contributed by atoms with E-state index in [1.807, 2.05) is 31.4 Å². The van der Waals surface area contributed by atoms with Gasteiger partial charge in [0.25, 0.3) is 5.91 Å². The molecular weight excluding hydrogens is 360 g/mol. The lowest BCUT2D eigenvalue weighted by Crippen LogP contribution is -2.32. The summed E-state index contributed by atoms with van der Waals surface area (Å²) in [7, 11) is 0. The molecule has 1 heterocycles. The van der Waals surface area contributed by atoms with E-state index in [0.717, 1.165) is 17.0 Å². The number of halogens is 3. The molecule has 0 bridgehead atoms. The molecule has 0 fully saturated rings. The summed E-state index contributed by atoms with van der Waals surface area (Å²) in [5.41, 5.74) is -0.555. The molecule has 0 saturated heterocycles. The van der Waals surface area contributed by atoms with Crippen LogP contribution in [0.15, 0.2) is 34.1 Å². The van der Waals surface area contributed by atoms with Crippen LogP contribution in [0.25, 0.3) is 0 Å². The molecule has 0 spiro atoms. The molecule has 112 valence electrons. The molecule has 1 N–H and O–H groups in total. The number of carbonyl (C=O) groups excluding carboxylic acids is 1. The monoisotopic (exact) mass is 373 g/mol. The fourth-order valence-corrected chi connectivity index (χ4v) is 3.36. The topological polar surface area (TPSA) is 29.1 Å². The molecule has 1 aromatic heterocycles. The average molecular weight is 374 g/mol. The van der Waals surface area contributed by atoms with E-state index in [2.05, 4.69) is 21.2 Å². The zero-order chi connectivity index (χ0) is 15.6. The Labute approximate surface area is 134 Å². The number of thiophene rings is 1. The summed E-state index contributed by atoms with van der Waals surface area (Å²) in [5.74, 6) is -2.40. The van der Waals surface area contributed by atoms with Gasteiger partial charge in [-0.25, -0.2) is 8.78 Å². The van der Waals surface area contributed by atoms with Crippen molar-refractivity contribution in [2.45, 2.75) is 19.9 Å². The molecule has 0 aliphatic rings. The highest BCUT2D eigenvalue weighted by molar-refractivity contribution is 9.10. The Balaban J connectivity index is 2.28. The average Bonchev–Trinajstić information content (AvgIpc) is 2.87. The largest absolute Gasteiger partial charge is 0.344 e. The summed E-state index contributed by atoms with van der Waals surface area (Å²) in [4.78, 5) is 13.2. The second-order valence-corrected chi connectivity index (χ2v) is 6.85. The van der Waals surface area contributed by atoms with Crippen molar-refractivity contribution in [3.05, 3.63) is 56.2 Å². The normalized spacial score (nSPS) is 12.5. The molecule has 0 radical (unpaired) electrons. The van der Waals surface area contributed by atoms with Crippen LogP contribution in [0.4, 0.5) is 8.78 Å². The minimum absolute atomic E-state index is 0.106. The third kappa shape index (κ3) is 3.68. The van der Waals surface area contributed by atoms with Gasteiger partial charge < -0.3 is 5.32 Å². The summed E-state index contributed by atoms with van der Waals surface area (Å²) in [6.07, 6.45) is 0. The number of nitrogens with one attached hydrogen (secondary N) is 1. The lowest BCUT2D eigenvalue weighted by atomic mass is 10.0. The Kier molecular flexibility index (Phi) is 5.11. The van der Waals surface area contributed by atoms with Crippen LogP contribution < -0.4 is 5.32 Å². The third-order valence-electron chi connectivity index (χ3n) is 3.04. The van der Waals surface area contributed by atoms with Crippen molar-refractivity contribution >= 4 is 33.2 Å². The molecule has 1 unspecified atom stereocenters. The van der Waals surface area contributed by atoms with Crippen LogP contribution in [0.1, 0.15) is 35.1 Å². The van der Waals surface area contributed by atoms with Gasteiger partial charge in [0.2, 0.25) is 0 Å². The van der Waals surface area contributed by atoms with Crippen LogP contribution in [0.2, 0.25) is 0 Å². The number of hydrogen-bond acceptors (Lipinski definition) is 2. The first-order valence-electron chi connectivity index (χ1n) is 6.39.